The van der Waals surface area contributed by atoms with Gasteiger partial charge in [0.15, 0.2) is 5.43 Å². The number of para-hydroxylation sites is 1. The van der Waals surface area contributed by atoms with Gasteiger partial charge in [-0.3, -0.25) is 9.59 Å². The van der Waals surface area contributed by atoms with E-state index >= 15 is 0 Å². The largest absolute Gasteiger partial charge is 0.507 e. The summed E-state index contributed by atoms with van der Waals surface area (Å²) in [6.45, 7) is 0. The summed E-state index contributed by atoms with van der Waals surface area (Å²) in [5.41, 5.74) is 1.84. The number of phenolic OH excluding ortho intramolecular Hbond substituents is 1. The SMILES string of the molecule is COc1ccccc1[C@H]1CC(=O)Oc2cc(O)c3c(=O)cc(-c4ccccc4)oc3c21. The Morgan fingerprint density at radius 2 is 1.74 bits per heavy atom. The van der Waals surface area contributed by atoms with Gasteiger partial charge in [-0.15, -0.1) is 0 Å². The second kappa shape index (κ2) is 7.32. The number of ether oxygens (including phenoxy) is 2. The minimum atomic E-state index is -0.468. The van der Waals surface area contributed by atoms with Crippen LogP contribution in [0.25, 0.3) is 22.3 Å². The lowest BCUT2D eigenvalue weighted by molar-refractivity contribution is -0.135. The molecule has 1 aromatic heterocycles. The van der Waals surface area contributed by atoms with Crippen molar-refractivity contribution in [2.24, 2.45) is 0 Å². The van der Waals surface area contributed by atoms with Crippen molar-refractivity contribution in [3.8, 4) is 28.6 Å². The molecule has 4 aromatic rings. The Kier molecular flexibility index (Phi) is 4.47. The van der Waals surface area contributed by atoms with Gasteiger partial charge in [-0.1, -0.05) is 48.5 Å². The van der Waals surface area contributed by atoms with Crippen molar-refractivity contribution >= 4 is 16.9 Å². The predicted molar refractivity (Wildman–Crippen MR) is 115 cm³/mol. The molecule has 5 rings (SSSR count). The Morgan fingerprint density at radius 3 is 2.52 bits per heavy atom. The zero-order valence-corrected chi connectivity index (χ0v) is 16.6. The van der Waals surface area contributed by atoms with E-state index in [2.05, 4.69) is 0 Å². The summed E-state index contributed by atoms with van der Waals surface area (Å²) in [6, 6.07) is 19.2. The van der Waals surface area contributed by atoms with Crippen molar-refractivity contribution in [3.05, 3.63) is 88.1 Å². The monoisotopic (exact) mass is 414 g/mol. The second-order valence-corrected chi connectivity index (χ2v) is 7.33. The summed E-state index contributed by atoms with van der Waals surface area (Å²) >= 11 is 0. The average molecular weight is 414 g/mol. The van der Waals surface area contributed by atoms with Crippen LogP contribution in [-0.4, -0.2) is 18.2 Å². The van der Waals surface area contributed by atoms with E-state index in [0.29, 0.717) is 17.1 Å². The minimum absolute atomic E-state index is 0.0481. The molecule has 1 N–H and O–H groups in total. The molecule has 0 bridgehead atoms. The number of benzene rings is 3. The summed E-state index contributed by atoms with van der Waals surface area (Å²) in [5, 5.41) is 10.6. The lowest BCUT2D eigenvalue weighted by Crippen LogP contribution is -2.22. The number of hydrogen-bond acceptors (Lipinski definition) is 6. The highest BCUT2D eigenvalue weighted by Gasteiger charge is 2.34. The zero-order valence-electron chi connectivity index (χ0n) is 16.6. The summed E-state index contributed by atoms with van der Waals surface area (Å²) in [5.74, 6) is -0.0630. The fourth-order valence-electron chi connectivity index (χ4n) is 4.12. The molecule has 154 valence electrons. The molecule has 2 heterocycles. The number of phenols is 1. The Hall–Kier alpha value is -4.06. The molecular weight excluding hydrogens is 396 g/mol. The highest BCUT2D eigenvalue weighted by molar-refractivity contribution is 5.93. The van der Waals surface area contributed by atoms with Gasteiger partial charge in [-0.25, -0.2) is 0 Å². The van der Waals surface area contributed by atoms with E-state index < -0.39 is 11.9 Å². The summed E-state index contributed by atoms with van der Waals surface area (Å²) in [6.07, 6.45) is 0.0481. The first-order valence-electron chi connectivity index (χ1n) is 9.79. The molecule has 0 amide bonds. The van der Waals surface area contributed by atoms with Crippen molar-refractivity contribution < 1.29 is 23.8 Å². The van der Waals surface area contributed by atoms with Crippen LogP contribution in [-0.2, 0) is 4.79 Å². The average Bonchev–Trinajstić information content (AvgIpc) is 2.78. The van der Waals surface area contributed by atoms with Gasteiger partial charge in [0.25, 0.3) is 0 Å². The Bertz CT molecular complexity index is 1370. The minimum Gasteiger partial charge on any atom is -0.507 e. The second-order valence-electron chi connectivity index (χ2n) is 7.33. The van der Waals surface area contributed by atoms with Crippen LogP contribution in [0.2, 0.25) is 0 Å². The Labute approximate surface area is 177 Å². The molecular formula is C25H18O6. The van der Waals surface area contributed by atoms with E-state index in [1.165, 1.54) is 12.1 Å². The third-order valence-corrected chi connectivity index (χ3v) is 5.50. The maximum absolute atomic E-state index is 13.0. The van der Waals surface area contributed by atoms with Gasteiger partial charge >= 0.3 is 5.97 Å². The molecule has 6 nitrogen and oxygen atoms in total. The van der Waals surface area contributed by atoms with Crippen LogP contribution < -0.4 is 14.9 Å². The van der Waals surface area contributed by atoms with Crippen molar-refractivity contribution in [2.75, 3.05) is 7.11 Å². The van der Waals surface area contributed by atoms with Gasteiger partial charge in [-0.05, 0) is 6.07 Å². The fraction of sp³-hybridized carbons (Fsp3) is 0.120. The molecule has 1 aliphatic heterocycles. The van der Waals surface area contributed by atoms with Gasteiger partial charge in [0.2, 0.25) is 0 Å². The number of esters is 1. The molecule has 0 unspecified atom stereocenters. The van der Waals surface area contributed by atoms with Gasteiger partial charge in [-0.2, -0.15) is 0 Å². The quantitative estimate of drug-likeness (QED) is 0.389. The van der Waals surface area contributed by atoms with E-state index in [0.717, 1.165) is 11.1 Å². The number of aromatic hydroxyl groups is 1. The molecule has 0 spiro atoms. The van der Waals surface area contributed by atoms with Crippen LogP contribution in [0.4, 0.5) is 0 Å². The van der Waals surface area contributed by atoms with E-state index in [4.69, 9.17) is 13.9 Å². The van der Waals surface area contributed by atoms with E-state index in [-0.39, 0.29) is 34.3 Å². The number of rotatable bonds is 3. The predicted octanol–water partition coefficient (Wildman–Crippen LogP) is 4.62. The first-order valence-corrected chi connectivity index (χ1v) is 9.79. The molecule has 1 atom stereocenters. The van der Waals surface area contributed by atoms with Gasteiger partial charge in [0, 0.05) is 34.7 Å². The first-order chi connectivity index (χ1) is 15.1. The molecule has 6 heteroatoms. The summed E-state index contributed by atoms with van der Waals surface area (Å²) < 4.78 is 17.1. The summed E-state index contributed by atoms with van der Waals surface area (Å²) in [7, 11) is 1.56. The van der Waals surface area contributed by atoms with Crippen LogP contribution in [0.3, 0.4) is 0 Å². The number of carbonyl (C=O) groups is 1. The Morgan fingerprint density at radius 1 is 1.00 bits per heavy atom. The van der Waals surface area contributed by atoms with Crippen LogP contribution in [0.5, 0.6) is 17.2 Å². The molecule has 0 radical (unpaired) electrons. The maximum atomic E-state index is 13.0. The van der Waals surface area contributed by atoms with Crippen LogP contribution >= 0.6 is 0 Å². The van der Waals surface area contributed by atoms with Crippen LogP contribution in [0, 0.1) is 0 Å². The smallest absolute Gasteiger partial charge is 0.312 e. The number of methoxy groups -OCH3 is 1. The molecule has 3 aromatic carbocycles. The van der Waals surface area contributed by atoms with Gasteiger partial charge < -0.3 is 19.0 Å². The molecule has 0 saturated carbocycles. The lowest BCUT2D eigenvalue weighted by atomic mass is 9.84. The molecule has 0 saturated heterocycles. The van der Waals surface area contributed by atoms with Gasteiger partial charge in [0.05, 0.1) is 13.5 Å². The van der Waals surface area contributed by atoms with Crippen LogP contribution in [0.1, 0.15) is 23.5 Å². The summed E-state index contributed by atoms with van der Waals surface area (Å²) in [4.78, 5) is 25.3. The highest BCUT2D eigenvalue weighted by Crippen LogP contribution is 2.47. The third-order valence-electron chi connectivity index (χ3n) is 5.50. The fourth-order valence-corrected chi connectivity index (χ4v) is 4.12. The van der Waals surface area contributed by atoms with Crippen molar-refractivity contribution in [1.82, 2.24) is 0 Å². The molecule has 31 heavy (non-hydrogen) atoms. The van der Waals surface area contributed by atoms with Gasteiger partial charge in [0.1, 0.15) is 34.0 Å². The van der Waals surface area contributed by atoms with E-state index in [1.54, 1.807) is 7.11 Å². The number of carbonyl (C=O) groups excluding carboxylic acids is 1. The molecule has 0 aliphatic carbocycles. The van der Waals surface area contributed by atoms with Crippen molar-refractivity contribution in [2.45, 2.75) is 12.3 Å². The van der Waals surface area contributed by atoms with Crippen molar-refractivity contribution in [1.29, 1.82) is 0 Å². The number of hydrogen-bond donors (Lipinski definition) is 1. The molecule has 1 aliphatic rings. The van der Waals surface area contributed by atoms with Crippen molar-refractivity contribution in [3.63, 3.8) is 0 Å². The Balaban J connectivity index is 1.85. The zero-order chi connectivity index (χ0) is 21.5. The lowest BCUT2D eigenvalue weighted by Gasteiger charge is -2.27. The number of fused-ring (bicyclic) bond motifs is 3. The topological polar surface area (TPSA) is 86.0 Å². The standard InChI is InChI=1S/C25H18O6/c1-29-19-10-6-5-9-15(19)16-11-22(28)30-21-13-18(27)24-17(26)12-20(31-25(24)23(16)21)14-7-3-2-4-8-14/h2-10,12-13,16,27H,11H2,1H3/t16-/m1/s1. The third kappa shape index (κ3) is 3.13. The normalized spacial score (nSPS) is 15.4. The highest BCUT2D eigenvalue weighted by atomic mass is 16.5. The van der Waals surface area contributed by atoms with Crippen LogP contribution in [0.15, 0.2) is 75.9 Å². The first kappa shape index (κ1) is 18.9. The van der Waals surface area contributed by atoms with E-state index in [1.807, 2.05) is 54.6 Å². The molecule has 0 fully saturated rings. The van der Waals surface area contributed by atoms with E-state index in [9.17, 15) is 14.7 Å². The maximum Gasteiger partial charge on any atom is 0.312 e.